The molecule has 3 aromatic carbocycles. The summed E-state index contributed by atoms with van der Waals surface area (Å²) in [6.07, 6.45) is 0. The van der Waals surface area contributed by atoms with E-state index in [2.05, 4.69) is 123 Å². The summed E-state index contributed by atoms with van der Waals surface area (Å²) < 4.78 is 0. The molecule has 0 bridgehead atoms. The molecule has 0 aliphatic heterocycles. The third-order valence-electron chi connectivity index (χ3n) is 6.51. The number of aliphatic imine (C=N–C) groups is 1. The van der Waals surface area contributed by atoms with Gasteiger partial charge in [0.2, 0.25) is 0 Å². The molecule has 0 radical (unpaired) electrons. The zero-order chi connectivity index (χ0) is 25.0. The van der Waals surface area contributed by atoms with E-state index < -0.39 is 0 Å². The lowest BCUT2D eigenvalue weighted by Crippen LogP contribution is -2.16. The predicted octanol–water partition coefficient (Wildman–Crippen LogP) is 9.57. The van der Waals surface area contributed by atoms with E-state index in [1.165, 1.54) is 49.8 Å². The number of aryl methyl sites for hydroxylation is 1. The molecule has 3 rings (SSSR count). The molecule has 1 unspecified atom stereocenters. The maximum absolute atomic E-state index is 5.53. The Balaban J connectivity index is 2.29. The largest absolute Gasteiger partial charge is 0.247 e. The number of benzene rings is 3. The fraction of sp³-hybridized carbons (Fsp3) is 0.406. The minimum atomic E-state index is 0.425. The Morgan fingerprint density at radius 1 is 0.588 bits per heavy atom. The first kappa shape index (κ1) is 26.4. The Hall–Kier alpha value is -2.24. The second-order valence-electron chi connectivity index (χ2n) is 10.7. The third-order valence-corrected chi connectivity index (χ3v) is 7.97. The molecule has 0 N–H and O–H groups in total. The molecule has 1 nitrogen and oxygen atoms in total. The van der Waals surface area contributed by atoms with Gasteiger partial charge in [0.15, 0.2) is 0 Å². The van der Waals surface area contributed by atoms with Crippen molar-refractivity contribution in [1.82, 2.24) is 0 Å². The van der Waals surface area contributed by atoms with Crippen molar-refractivity contribution in [2.75, 3.05) is 0 Å². The van der Waals surface area contributed by atoms with E-state index in [1.807, 2.05) is 0 Å². The average Bonchev–Trinajstić information content (AvgIpc) is 2.78. The van der Waals surface area contributed by atoms with Crippen LogP contribution in [0.5, 0.6) is 0 Å². The molecule has 0 saturated heterocycles. The molecule has 0 aliphatic carbocycles. The Bertz CT molecular complexity index is 1080. The monoisotopic (exact) mass is 471 g/mol. The molecule has 0 heterocycles. The highest BCUT2D eigenvalue weighted by Crippen LogP contribution is 2.38. The zero-order valence-corrected chi connectivity index (χ0v) is 23.5. The highest BCUT2D eigenvalue weighted by Gasteiger charge is 2.19. The van der Waals surface area contributed by atoms with E-state index in [-0.39, 0.29) is 0 Å². The smallest absolute Gasteiger partial charge is 0.0724 e. The van der Waals surface area contributed by atoms with E-state index in [9.17, 15) is 0 Å². The summed E-state index contributed by atoms with van der Waals surface area (Å²) >= 11 is 0. The van der Waals surface area contributed by atoms with Crippen LogP contribution < -0.4 is 5.30 Å². The topological polar surface area (TPSA) is 12.4 Å². The van der Waals surface area contributed by atoms with Gasteiger partial charge in [-0.2, -0.15) is 0 Å². The number of rotatable bonds is 8. The molecule has 0 saturated carbocycles. The molecular weight excluding hydrogens is 429 g/mol. The molecule has 34 heavy (non-hydrogen) atoms. The van der Waals surface area contributed by atoms with Crippen LogP contribution in [-0.2, 0) is 0 Å². The number of hydrogen-bond donors (Lipinski definition) is 0. The first-order chi connectivity index (χ1) is 16.1. The number of nitrogens with zero attached hydrogens (tertiary/aromatic N) is 1. The van der Waals surface area contributed by atoms with Gasteiger partial charge in [-0.15, -0.1) is 0 Å². The van der Waals surface area contributed by atoms with Gasteiger partial charge in [-0.1, -0.05) is 122 Å². The van der Waals surface area contributed by atoms with Crippen molar-refractivity contribution < 1.29 is 0 Å². The summed E-state index contributed by atoms with van der Waals surface area (Å²) in [5.41, 5.74) is 10.4. The highest BCUT2D eigenvalue weighted by atomic mass is 31.1. The van der Waals surface area contributed by atoms with Crippen LogP contribution in [0.2, 0.25) is 0 Å². The van der Waals surface area contributed by atoms with Crippen LogP contribution in [-0.4, -0.2) is 5.45 Å². The maximum Gasteiger partial charge on any atom is 0.0724 e. The van der Waals surface area contributed by atoms with Crippen LogP contribution in [0.4, 0.5) is 5.69 Å². The van der Waals surface area contributed by atoms with E-state index in [4.69, 9.17) is 4.99 Å². The van der Waals surface area contributed by atoms with Crippen LogP contribution >= 0.6 is 8.58 Å². The van der Waals surface area contributed by atoms with Crippen LogP contribution in [0.3, 0.4) is 0 Å². The van der Waals surface area contributed by atoms with Gasteiger partial charge in [-0.25, -0.2) is 4.99 Å². The van der Waals surface area contributed by atoms with Crippen LogP contribution in [0.25, 0.3) is 0 Å². The quantitative estimate of drug-likeness (QED) is 0.229. The lowest BCUT2D eigenvalue weighted by Gasteiger charge is -2.22. The Labute approximate surface area is 209 Å². The normalized spacial score (nSPS) is 12.8. The first-order valence-corrected chi connectivity index (χ1v) is 13.8. The van der Waals surface area contributed by atoms with Crippen molar-refractivity contribution in [3.8, 4) is 0 Å². The third kappa shape index (κ3) is 6.05. The highest BCUT2D eigenvalue weighted by molar-refractivity contribution is 7.66. The van der Waals surface area contributed by atoms with E-state index in [0.717, 1.165) is 0 Å². The average molecular weight is 472 g/mol. The molecule has 0 fully saturated rings. The van der Waals surface area contributed by atoms with E-state index in [0.29, 0.717) is 32.3 Å². The number of hydrogen-bond acceptors (Lipinski definition) is 1. The summed E-state index contributed by atoms with van der Waals surface area (Å²) in [6, 6.07) is 22.5. The molecular formula is C32H42NP. The summed E-state index contributed by atoms with van der Waals surface area (Å²) in [5, 5.41) is 1.47. The SMILES string of the molecule is Cc1ccc(C(=Nc2c(C(C)C)cccc2C(C)C)Pc2c(C(C)C)cccc2C(C)C)cc1. The first-order valence-electron chi connectivity index (χ1n) is 12.8. The van der Waals surface area contributed by atoms with Gasteiger partial charge in [-0.3, -0.25) is 0 Å². The summed E-state index contributed by atoms with van der Waals surface area (Å²) in [6.45, 7) is 20.5. The Morgan fingerprint density at radius 3 is 1.41 bits per heavy atom. The second kappa shape index (κ2) is 11.5. The Kier molecular flexibility index (Phi) is 8.89. The van der Waals surface area contributed by atoms with Gasteiger partial charge >= 0.3 is 0 Å². The predicted molar refractivity (Wildman–Crippen MR) is 155 cm³/mol. The van der Waals surface area contributed by atoms with Crippen molar-refractivity contribution in [3.05, 3.63) is 94.0 Å². The lowest BCUT2D eigenvalue weighted by molar-refractivity contribution is 0.835. The van der Waals surface area contributed by atoms with Crippen LogP contribution in [0.15, 0.2) is 65.7 Å². The molecule has 1 atom stereocenters. The van der Waals surface area contributed by atoms with Crippen LogP contribution in [0, 0.1) is 6.92 Å². The van der Waals surface area contributed by atoms with Gasteiger partial charge in [0.1, 0.15) is 0 Å². The van der Waals surface area contributed by atoms with Crippen LogP contribution in [0.1, 0.15) is 112 Å². The molecule has 180 valence electrons. The summed E-state index contributed by atoms with van der Waals surface area (Å²) in [4.78, 5) is 5.53. The molecule has 0 aliphatic rings. The Morgan fingerprint density at radius 2 is 1.00 bits per heavy atom. The minimum absolute atomic E-state index is 0.425. The molecule has 0 spiro atoms. The second-order valence-corrected chi connectivity index (χ2v) is 11.9. The van der Waals surface area contributed by atoms with Crippen molar-refractivity contribution in [2.45, 2.75) is 86.0 Å². The molecule has 0 amide bonds. The van der Waals surface area contributed by atoms with Crippen molar-refractivity contribution in [1.29, 1.82) is 0 Å². The lowest BCUT2D eigenvalue weighted by atomic mass is 9.93. The standard InChI is InChI=1S/C32H42NP/c1-20(2)26-12-10-13-27(21(3)4)30(26)33-32(25-18-16-24(9)17-19-25)34-31-28(22(5)6)14-11-15-29(31)23(7)8/h10-23,34H,1-9H3. The van der Waals surface area contributed by atoms with Crippen molar-refractivity contribution >= 4 is 25.0 Å². The minimum Gasteiger partial charge on any atom is -0.247 e. The van der Waals surface area contributed by atoms with Crippen molar-refractivity contribution in [3.63, 3.8) is 0 Å². The fourth-order valence-corrected chi connectivity index (χ4v) is 6.19. The van der Waals surface area contributed by atoms with Crippen molar-refractivity contribution in [2.24, 2.45) is 4.99 Å². The number of para-hydroxylation sites is 1. The fourth-order valence-electron chi connectivity index (χ4n) is 4.44. The summed E-state index contributed by atoms with van der Waals surface area (Å²) in [7, 11) is 0.508. The molecule has 2 heteroatoms. The van der Waals surface area contributed by atoms with Gasteiger partial charge < -0.3 is 0 Å². The van der Waals surface area contributed by atoms with E-state index in [1.54, 1.807) is 0 Å². The summed E-state index contributed by atoms with van der Waals surface area (Å²) in [5.74, 6) is 1.81. The van der Waals surface area contributed by atoms with Gasteiger partial charge in [0, 0.05) is 5.56 Å². The molecule has 0 aromatic heterocycles. The van der Waals surface area contributed by atoms with Gasteiger partial charge in [0.05, 0.1) is 11.1 Å². The van der Waals surface area contributed by atoms with E-state index >= 15 is 0 Å². The van der Waals surface area contributed by atoms with Gasteiger partial charge in [-0.05, 0) is 66.7 Å². The van der Waals surface area contributed by atoms with Gasteiger partial charge in [0.25, 0.3) is 0 Å². The molecule has 3 aromatic rings. The zero-order valence-electron chi connectivity index (χ0n) is 22.5. The maximum atomic E-state index is 5.53.